The van der Waals surface area contributed by atoms with E-state index in [2.05, 4.69) is 10.3 Å². The van der Waals surface area contributed by atoms with E-state index < -0.39 is 35.7 Å². The quantitative estimate of drug-likeness (QED) is 0.700. The van der Waals surface area contributed by atoms with E-state index in [-0.39, 0.29) is 17.7 Å². The van der Waals surface area contributed by atoms with Crippen molar-refractivity contribution in [3.05, 3.63) is 45.1 Å². The molecule has 0 aliphatic carbocycles. The van der Waals surface area contributed by atoms with Gasteiger partial charge in [0.15, 0.2) is 0 Å². The Balaban J connectivity index is 2.26. The minimum Gasteiger partial charge on any atom is -0.548 e. The Bertz CT molecular complexity index is 881. The molecule has 2 rings (SSSR count). The third-order valence-electron chi connectivity index (χ3n) is 3.52. The van der Waals surface area contributed by atoms with Gasteiger partial charge < -0.3 is 20.2 Å². The first kappa shape index (κ1) is 17.5. The highest BCUT2D eigenvalue weighted by molar-refractivity contribution is 5.83. The van der Waals surface area contributed by atoms with Crippen molar-refractivity contribution in [2.24, 2.45) is 5.92 Å². The summed E-state index contributed by atoms with van der Waals surface area (Å²) in [5, 5.41) is 13.6. The van der Waals surface area contributed by atoms with Crippen LogP contribution in [0.1, 0.15) is 20.3 Å². The monoisotopic (exact) mass is 332 g/mol. The second-order valence-electron chi connectivity index (χ2n) is 5.94. The topological polar surface area (TPSA) is 124 Å². The van der Waals surface area contributed by atoms with Crippen LogP contribution in [0.2, 0.25) is 0 Å². The Morgan fingerprint density at radius 3 is 2.54 bits per heavy atom. The number of aliphatic carboxylic acids is 1. The molecule has 1 aromatic carbocycles. The molecule has 8 heteroatoms. The van der Waals surface area contributed by atoms with Gasteiger partial charge in [-0.25, -0.2) is 4.79 Å². The smallest absolute Gasteiger partial charge is 0.329 e. The third-order valence-corrected chi connectivity index (χ3v) is 3.52. The molecule has 1 heterocycles. The fraction of sp³-hybridized carbons (Fsp3) is 0.375. The number of carboxylic acid groups (broad SMARTS) is 1. The molecule has 1 atom stereocenters. The van der Waals surface area contributed by atoms with Crippen LogP contribution in [0.5, 0.6) is 0 Å². The number of fused-ring (bicyclic) bond motifs is 1. The van der Waals surface area contributed by atoms with Crippen LogP contribution in [0.3, 0.4) is 0 Å². The Hall–Kier alpha value is -2.90. The van der Waals surface area contributed by atoms with Gasteiger partial charge in [-0.05, 0) is 24.5 Å². The maximum atomic E-state index is 12.3. The molecule has 2 N–H and O–H groups in total. The van der Waals surface area contributed by atoms with E-state index in [1.165, 1.54) is 6.07 Å². The van der Waals surface area contributed by atoms with Gasteiger partial charge in [0.05, 0.1) is 22.9 Å². The van der Waals surface area contributed by atoms with Crippen molar-refractivity contribution in [2.45, 2.75) is 32.9 Å². The number of aromatic amines is 1. The number of amides is 1. The average Bonchev–Trinajstić information content (AvgIpc) is 2.50. The number of carbonyl (C=O) groups excluding carboxylic acids is 2. The number of benzene rings is 1. The molecule has 128 valence electrons. The summed E-state index contributed by atoms with van der Waals surface area (Å²) in [6.07, 6.45) is 0.192. The van der Waals surface area contributed by atoms with Crippen molar-refractivity contribution < 1.29 is 14.7 Å². The molecule has 8 nitrogen and oxygen atoms in total. The van der Waals surface area contributed by atoms with E-state index in [0.29, 0.717) is 5.52 Å². The SMILES string of the molecule is CC(C)C[C@@H](NC(=O)Cn1c(=O)[nH]c2ccccc2c1=O)C(=O)[O-]. The summed E-state index contributed by atoms with van der Waals surface area (Å²) in [7, 11) is 0. The number of nitrogens with one attached hydrogen (secondary N) is 2. The number of hydrogen-bond donors (Lipinski definition) is 2. The zero-order valence-electron chi connectivity index (χ0n) is 13.4. The highest BCUT2D eigenvalue weighted by Crippen LogP contribution is 2.05. The number of hydrogen-bond acceptors (Lipinski definition) is 5. The molecule has 24 heavy (non-hydrogen) atoms. The summed E-state index contributed by atoms with van der Waals surface area (Å²) >= 11 is 0. The second kappa shape index (κ2) is 7.12. The number of nitrogens with zero attached hydrogens (tertiary/aromatic N) is 1. The van der Waals surface area contributed by atoms with Crippen LogP contribution < -0.4 is 21.7 Å². The van der Waals surface area contributed by atoms with Gasteiger partial charge in [-0.3, -0.25) is 14.2 Å². The van der Waals surface area contributed by atoms with E-state index in [1.807, 2.05) is 0 Å². The fourth-order valence-corrected chi connectivity index (χ4v) is 2.41. The zero-order valence-corrected chi connectivity index (χ0v) is 13.4. The van der Waals surface area contributed by atoms with E-state index in [4.69, 9.17) is 0 Å². The normalized spacial score (nSPS) is 12.3. The van der Waals surface area contributed by atoms with Crippen molar-refractivity contribution in [1.82, 2.24) is 14.9 Å². The molecule has 0 unspecified atom stereocenters. The van der Waals surface area contributed by atoms with Crippen molar-refractivity contribution in [1.29, 1.82) is 0 Å². The first-order valence-corrected chi connectivity index (χ1v) is 7.51. The maximum Gasteiger partial charge on any atom is 0.329 e. The number of H-pyrrole nitrogens is 1. The van der Waals surface area contributed by atoms with E-state index >= 15 is 0 Å². The van der Waals surface area contributed by atoms with Crippen LogP contribution in [0.15, 0.2) is 33.9 Å². The number of carboxylic acids is 1. The maximum absolute atomic E-state index is 12.3. The molecule has 1 amide bonds. The molecule has 0 bridgehead atoms. The molecule has 0 spiro atoms. The number of carbonyl (C=O) groups is 2. The Kier molecular flexibility index (Phi) is 5.18. The molecule has 0 fully saturated rings. The lowest BCUT2D eigenvalue weighted by Crippen LogP contribution is -2.50. The van der Waals surface area contributed by atoms with Gasteiger partial charge in [-0.1, -0.05) is 26.0 Å². The van der Waals surface area contributed by atoms with Crippen molar-refractivity contribution in [3.8, 4) is 0 Å². The minimum atomic E-state index is -1.41. The van der Waals surface area contributed by atoms with E-state index in [1.54, 1.807) is 32.0 Å². The summed E-state index contributed by atoms with van der Waals surface area (Å²) < 4.78 is 0.735. The highest BCUT2D eigenvalue weighted by Gasteiger charge is 2.17. The van der Waals surface area contributed by atoms with Crippen molar-refractivity contribution in [3.63, 3.8) is 0 Å². The fourth-order valence-electron chi connectivity index (χ4n) is 2.41. The van der Waals surface area contributed by atoms with Crippen molar-refractivity contribution in [2.75, 3.05) is 0 Å². The lowest BCUT2D eigenvalue weighted by molar-refractivity contribution is -0.308. The van der Waals surface area contributed by atoms with Gasteiger partial charge in [0.2, 0.25) is 5.91 Å². The molecular formula is C16H18N3O5-. The Morgan fingerprint density at radius 1 is 1.25 bits per heavy atom. The predicted molar refractivity (Wildman–Crippen MR) is 85.2 cm³/mol. The first-order valence-electron chi connectivity index (χ1n) is 7.51. The van der Waals surface area contributed by atoms with Gasteiger partial charge in [-0.15, -0.1) is 0 Å². The van der Waals surface area contributed by atoms with Crippen LogP contribution in [-0.4, -0.2) is 27.5 Å². The standard InChI is InChI=1S/C16H19N3O5/c1-9(2)7-12(15(22)23)17-13(20)8-19-14(21)10-5-3-4-6-11(10)18-16(19)24/h3-6,9,12H,7-8H2,1-2H3,(H,17,20)(H,18,24)(H,22,23)/p-1/t12-/m1/s1. The summed E-state index contributed by atoms with van der Waals surface area (Å²) in [5.74, 6) is -2.12. The molecule has 1 aromatic heterocycles. The van der Waals surface area contributed by atoms with Crippen LogP contribution >= 0.6 is 0 Å². The van der Waals surface area contributed by atoms with Crippen molar-refractivity contribution >= 4 is 22.8 Å². The van der Waals surface area contributed by atoms with E-state index in [0.717, 1.165) is 4.57 Å². The minimum absolute atomic E-state index is 0.0278. The molecular weight excluding hydrogens is 314 g/mol. The van der Waals surface area contributed by atoms with Crippen LogP contribution in [0.25, 0.3) is 10.9 Å². The summed E-state index contributed by atoms with van der Waals surface area (Å²) in [6.45, 7) is 3.04. The molecule has 0 radical (unpaired) electrons. The average molecular weight is 332 g/mol. The van der Waals surface area contributed by atoms with Gasteiger partial charge >= 0.3 is 5.69 Å². The lowest BCUT2D eigenvalue weighted by atomic mass is 10.0. The molecule has 0 saturated heterocycles. The van der Waals surface area contributed by atoms with Crippen LogP contribution in [-0.2, 0) is 16.1 Å². The number of para-hydroxylation sites is 1. The third kappa shape index (κ3) is 3.89. The van der Waals surface area contributed by atoms with Gasteiger partial charge in [0.25, 0.3) is 5.56 Å². The predicted octanol–water partition coefficient (Wildman–Crippen LogP) is -1.03. The Morgan fingerprint density at radius 2 is 1.92 bits per heavy atom. The van der Waals surface area contributed by atoms with Gasteiger partial charge in [-0.2, -0.15) is 0 Å². The molecule has 0 saturated carbocycles. The molecule has 0 aliphatic heterocycles. The lowest BCUT2D eigenvalue weighted by Gasteiger charge is -2.21. The summed E-state index contributed by atoms with van der Waals surface area (Å²) in [5.41, 5.74) is -0.974. The summed E-state index contributed by atoms with van der Waals surface area (Å²) in [6, 6.07) is 5.25. The van der Waals surface area contributed by atoms with Gasteiger partial charge in [0, 0.05) is 0 Å². The van der Waals surface area contributed by atoms with Crippen LogP contribution in [0, 0.1) is 5.92 Å². The number of aromatic nitrogens is 2. The molecule has 0 aliphatic rings. The molecule has 2 aromatic rings. The summed E-state index contributed by atoms with van der Waals surface area (Å²) in [4.78, 5) is 49.9. The number of rotatable bonds is 6. The zero-order chi connectivity index (χ0) is 17.9. The Labute approximate surface area is 137 Å². The second-order valence-corrected chi connectivity index (χ2v) is 5.94. The van der Waals surface area contributed by atoms with Gasteiger partial charge in [0.1, 0.15) is 6.54 Å². The van der Waals surface area contributed by atoms with Crippen LogP contribution in [0.4, 0.5) is 0 Å². The first-order chi connectivity index (χ1) is 11.3. The van der Waals surface area contributed by atoms with E-state index in [9.17, 15) is 24.3 Å². The highest BCUT2D eigenvalue weighted by atomic mass is 16.4. The largest absolute Gasteiger partial charge is 0.548 e.